The second-order valence-corrected chi connectivity index (χ2v) is 4.62. The van der Waals surface area contributed by atoms with Crippen LogP contribution in [0.25, 0.3) is 0 Å². The summed E-state index contributed by atoms with van der Waals surface area (Å²) in [7, 11) is 0. The van der Waals surface area contributed by atoms with Gasteiger partial charge in [-0.3, -0.25) is 4.79 Å². The molecule has 0 aromatic heterocycles. The number of benzene rings is 1. The van der Waals surface area contributed by atoms with Crippen LogP contribution >= 0.6 is 11.8 Å². The normalized spacial score (nSPS) is 11.9. The van der Waals surface area contributed by atoms with E-state index in [1.165, 1.54) is 24.3 Å². The second kappa shape index (κ2) is 6.97. The zero-order valence-electron chi connectivity index (χ0n) is 9.52. The lowest BCUT2D eigenvalue weighted by Crippen LogP contribution is -2.69. The number of halogens is 1. The van der Waals surface area contributed by atoms with Crippen LogP contribution in [0, 0.1) is 5.82 Å². The van der Waals surface area contributed by atoms with Gasteiger partial charge in [0, 0.05) is 5.69 Å². The number of thioether (sulfide) groups is 1. The van der Waals surface area contributed by atoms with E-state index in [1.807, 2.05) is 0 Å². The van der Waals surface area contributed by atoms with E-state index in [0.29, 0.717) is 5.69 Å². The van der Waals surface area contributed by atoms with Crippen LogP contribution < -0.4 is 16.2 Å². The molecule has 0 bridgehead atoms. The maximum absolute atomic E-state index is 12.6. The van der Waals surface area contributed by atoms with E-state index in [4.69, 9.17) is 0 Å². The first-order valence-corrected chi connectivity index (χ1v) is 6.31. The van der Waals surface area contributed by atoms with Crippen molar-refractivity contribution in [3.63, 3.8) is 0 Å². The first-order valence-electron chi connectivity index (χ1n) is 5.16. The molecule has 0 radical (unpaired) electrons. The third-order valence-corrected chi connectivity index (χ3v) is 3.12. The Morgan fingerprint density at radius 1 is 1.39 bits per heavy atom. The van der Waals surface area contributed by atoms with E-state index in [9.17, 15) is 19.1 Å². The van der Waals surface area contributed by atoms with E-state index in [1.54, 1.807) is 0 Å². The van der Waals surface area contributed by atoms with Crippen LogP contribution in [0.4, 0.5) is 10.1 Å². The van der Waals surface area contributed by atoms with Crippen LogP contribution in [0.2, 0.25) is 0 Å². The second-order valence-electron chi connectivity index (χ2n) is 3.59. The Morgan fingerprint density at radius 3 is 2.56 bits per heavy atom. The van der Waals surface area contributed by atoms with Crippen molar-refractivity contribution in [2.75, 3.05) is 16.8 Å². The maximum atomic E-state index is 12.6. The van der Waals surface area contributed by atoms with Crippen LogP contribution in [0.15, 0.2) is 24.3 Å². The van der Waals surface area contributed by atoms with Crippen LogP contribution in [0.5, 0.6) is 0 Å². The SMILES string of the molecule is [NH3+][C@@H](CSCC(=O)Nc1ccc(F)cc1)C(=O)[O-]. The van der Waals surface area contributed by atoms with Crippen molar-refractivity contribution in [1.29, 1.82) is 0 Å². The lowest BCUT2D eigenvalue weighted by molar-refractivity contribution is -0.431. The molecule has 0 aliphatic rings. The molecule has 0 saturated heterocycles. The Labute approximate surface area is 108 Å². The van der Waals surface area contributed by atoms with Crippen molar-refractivity contribution >= 4 is 29.3 Å². The fourth-order valence-electron chi connectivity index (χ4n) is 1.09. The molecule has 0 spiro atoms. The van der Waals surface area contributed by atoms with Crippen LogP contribution in [0.3, 0.4) is 0 Å². The number of hydrogen-bond donors (Lipinski definition) is 2. The summed E-state index contributed by atoms with van der Waals surface area (Å²) in [5.41, 5.74) is 3.87. The molecule has 98 valence electrons. The number of carbonyl (C=O) groups is 2. The molecule has 0 heterocycles. The summed E-state index contributed by atoms with van der Waals surface area (Å²) in [6.07, 6.45) is 0. The standard InChI is InChI=1S/C11H13FN2O3S/c12-7-1-3-8(4-2-7)14-10(15)6-18-5-9(13)11(16)17/h1-4,9H,5-6,13H2,(H,14,15)(H,16,17)/t9-/m0/s1. The van der Waals surface area contributed by atoms with Crippen LogP contribution in [-0.2, 0) is 9.59 Å². The van der Waals surface area contributed by atoms with E-state index < -0.39 is 12.0 Å². The van der Waals surface area contributed by atoms with Gasteiger partial charge in [0.2, 0.25) is 5.91 Å². The summed E-state index contributed by atoms with van der Waals surface area (Å²) < 4.78 is 12.6. The molecule has 18 heavy (non-hydrogen) atoms. The largest absolute Gasteiger partial charge is 0.544 e. The highest BCUT2D eigenvalue weighted by Gasteiger charge is 2.09. The van der Waals surface area contributed by atoms with Gasteiger partial charge in [-0.25, -0.2) is 4.39 Å². The lowest BCUT2D eigenvalue weighted by Gasteiger charge is -2.09. The number of carbonyl (C=O) groups excluding carboxylic acids is 2. The third-order valence-electron chi connectivity index (χ3n) is 2.01. The molecular formula is C11H13FN2O3S. The van der Waals surface area contributed by atoms with Gasteiger partial charge in [0.05, 0.1) is 17.5 Å². The number of carboxylic acid groups (broad SMARTS) is 1. The molecule has 0 aliphatic heterocycles. The highest BCUT2D eigenvalue weighted by Crippen LogP contribution is 2.09. The molecule has 5 nitrogen and oxygen atoms in total. The van der Waals surface area contributed by atoms with Gasteiger partial charge in [0.1, 0.15) is 11.9 Å². The number of aliphatic carboxylic acids is 1. The predicted octanol–water partition coefficient (Wildman–Crippen LogP) is -1.14. The molecule has 0 aliphatic carbocycles. The van der Waals surface area contributed by atoms with E-state index in [0.717, 1.165) is 11.8 Å². The summed E-state index contributed by atoms with van der Waals surface area (Å²) >= 11 is 1.15. The minimum Gasteiger partial charge on any atom is -0.544 e. The number of nitrogens with one attached hydrogen (secondary N) is 1. The first kappa shape index (κ1) is 14.5. The fourth-order valence-corrected chi connectivity index (χ4v) is 1.89. The zero-order chi connectivity index (χ0) is 13.5. The van der Waals surface area contributed by atoms with Crippen molar-refractivity contribution in [2.45, 2.75) is 6.04 Å². The molecule has 4 N–H and O–H groups in total. The molecule has 0 saturated carbocycles. The van der Waals surface area contributed by atoms with Gasteiger partial charge in [0.15, 0.2) is 0 Å². The van der Waals surface area contributed by atoms with Gasteiger partial charge < -0.3 is 21.0 Å². The van der Waals surface area contributed by atoms with Crippen molar-refractivity contribution in [2.24, 2.45) is 0 Å². The molecular weight excluding hydrogens is 259 g/mol. The molecule has 1 aromatic rings. The third kappa shape index (κ3) is 5.15. The number of rotatable bonds is 6. The minimum atomic E-state index is -1.23. The summed E-state index contributed by atoms with van der Waals surface area (Å²) in [6.45, 7) is 0. The van der Waals surface area contributed by atoms with E-state index in [-0.39, 0.29) is 23.2 Å². The van der Waals surface area contributed by atoms with Crippen molar-refractivity contribution in [1.82, 2.24) is 0 Å². The molecule has 1 amide bonds. The number of carboxylic acids is 1. The Balaban J connectivity index is 2.30. The lowest BCUT2D eigenvalue weighted by atomic mass is 10.3. The predicted molar refractivity (Wildman–Crippen MR) is 64.0 cm³/mol. The molecule has 7 heteroatoms. The van der Waals surface area contributed by atoms with Gasteiger partial charge in [-0.2, -0.15) is 0 Å². The van der Waals surface area contributed by atoms with Crippen molar-refractivity contribution in [3.05, 3.63) is 30.1 Å². The molecule has 0 fully saturated rings. The molecule has 0 unspecified atom stereocenters. The molecule has 1 atom stereocenters. The number of quaternary nitrogens is 1. The van der Waals surface area contributed by atoms with E-state index in [2.05, 4.69) is 11.1 Å². The Bertz CT molecular complexity index is 425. The monoisotopic (exact) mass is 272 g/mol. The van der Waals surface area contributed by atoms with Gasteiger partial charge in [-0.05, 0) is 24.3 Å². The van der Waals surface area contributed by atoms with Crippen molar-refractivity contribution < 1.29 is 24.8 Å². The van der Waals surface area contributed by atoms with Crippen molar-refractivity contribution in [3.8, 4) is 0 Å². The molecule has 1 rings (SSSR count). The Morgan fingerprint density at radius 2 is 2.00 bits per heavy atom. The number of amides is 1. The first-order chi connectivity index (χ1) is 8.49. The fraction of sp³-hybridized carbons (Fsp3) is 0.273. The van der Waals surface area contributed by atoms with Crippen LogP contribution in [0.1, 0.15) is 0 Å². The Kier molecular flexibility index (Phi) is 5.60. The summed E-state index contributed by atoms with van der Waals surface area (Å²) in [6, 6.07) is 4.54. The highest BCUT2D eigenvalue weighted by atomic mass is 32.2. The van der Waals surface area contributed by atoms with Crippen LogP contribution in [-0.4, -0.2) is 29.4 Å². The van der Waals surface area contributed by atoms with E-state index >= 15 is 0 Å². The summed E-state index contributed by atoms with van der Waals surface area (Å²) in [4.78, 5) is 21.8. The topological polar surface area (TPSA) is 96.9 Å². The zero-order valence-corrected chi connectivity index (χ0v) is 10.3. The molecule has 1 aromatic carbocycles. The van der Waals surface area contributed by atoms with Gasteiger partial charge in [0.25, 0.3) is 0 Å². The Hall–Kier alpha value is -1.60. The van der Waals surface area contributed by atoms with Gasteiger partial charge in [-0.1, -0.05) is 0 Å². The summed E-state index contributed by atoms with van der Waals surface area (Å²) in [5.74, 6) is -1.58. The highest BCUT2D eigenvalue weighted by molar-refractivity contribution is 8.00. The summed E-state index contributed by atoms with van der Waals surface area (Å²) in [5, 5.41) is 12.9. The quantitative estimate of drug-likeness (QED) is 0.684. The number of anilines is 1. The van der Waals surface area contributed by atoms with Gasteiger partial charge >= 0.3 is 0 Å². The van der Waals surface area contributed by atoms with Gasteiger partial charge in [-0.15, -0.1) is 11.8 Å². The average Bonchev–Trinajstić information content (AvgIpc) is 2.32. The number of hydrogen-bond acceptors (Lipinski definition) is 4. The minimum absolute atomic E-state index is 0.108. The smallest absolute Gasteiger partial charge is 0.234 e. The maximum Gasteiger partial charge on any atom is 0.234 e. The average molecular weight is 272 g/mol.